The summed E-state index contributed by atoms with van der Waals surface area (Å²) in [5, 5.41) is 0. The number of ether oxygens (including phenoxy) is 2. The highest BCUT2D eigenvalue weighted by Crippen LogP contribution is 2.24. The Morgan fingerprint density at radius 2 is 2.44 bits per heavy atom. The lowest BCUT2D eigenvalue weighted by molar-refractivity contribution is 0.0525. The molecule has 86 valence electrons. The van der Waals surface area contributed by atoms with Gasteiger partial charge in [-0.3, -0.25) is 0 Å². The average Bonchev–Trinajstić information content (AvgIpc) is 2.29. The van der Waals surface area contributed by atoms with E-state index in [4.69, 9.17) is 15.2 Å². The lowest BCUT2D eigenvalue weighted by Gasteiger charge is -2.22. The fourth-order valence-electron chi connectivity index (χ4n) is 1.80. The van der Waals surface area contributed by atoms with Crippen molar-refractivity contribution in [2.75, 3.05) is 13.2 Å². The monoisotopic (exact) mass is 221 g/mol. The molecular formula is C12H15NO3. The third-order valence-electron chi connectivity index (χ3n) is 2.61. The smallest absolute Gasteiger partial charge is 0.338 e. The summed E-state index contributed by atoms with van der Waals surface area (Å²) in [5.41, 5.74) is 8.50. The van der Waals surface area contributed by atoms with Crippen LogP contribution in [0.5, 0.6) is 0 Å². The molecule has 0 aromatic heterocycles. The topological polar surface area (TPSA) is 61.5 Å². The number of esters is 1. The van der Waals surface area contributed by atoms with Gasteiger partial charge in [0.25, 0.3) is 0 Å². The van der Waals surface area contributed by atoms with Crippen LogP contribution >= 0.6 is 0 Å². The predicted molar refractivity (Wildman–Crippen MR) is 59.0 cm³/mol. The molecule has 0 saturated carbocycles. The van der Waals surface area contributed by atoms with Crippen LogP contribution in [0.15, 0.2) is 18.2 Å². The van der Waals surface area contributed by atoms with Crippen LogP contribution in [0.25, 0.3) is 0 Å². The minimum Gasteiger partial charge on any atom is -0.462 e. The van der Waals surface area contributed by atoms with Crippen molar-refractivity contribution in [1.29, 1.82) is 0 Å². The van der Waals surface area contributed by atoms with Crippen LogP contribution in [0.2, 0.25) is 0 Å². The SMILES string of the molecule is CCOC(=O)c1ccc2c(c1)[C@H](N)COC2. The van der Waals surface area contributed by atoms with Gasteiger partial charge in [0.05, 0.1) is 31.4 Å². The molecule has 4 nitrogen and oxygen atoms in total. The number of benzene rings is 1. The van der Waals surface area contributed by atoms with Crippen LogP contribution < -0.4 is 5.73 Å². The largest absolute Gasteiger partial charge is 0.462 e. The Morgan fingerprint density at radius 3 is 3.19 bits per heavy atom. The highest BCUT2D eigenvalue weighted by atomic mass is 16.5. The third kappa shape index (κ3) is 2.08. The fraction of sp³-hybridized carbons (Fsp3) is 0.417. The number of nitrogens with two attached hydrogens (primary N) is 1. The molecular weight excluding hydrogens is 206 g/mol. The van der Waals surface area contributed by atoms with Crippen LogP contribution in [0.4, 0.5) is 0 Å². The Kier molecular flexibility index (Phi) is 3.22. The molecule has 0 spiro atoms. The van der Waals surface area contributed by atoms with E-state index < -0.39 is 0 Å². The number of carbonyl (C=O) groups excluding carboxylic acids is 1. The zero-order valence-corrected chi connectivity index (χ0v) is 9.23. The second-order valence-electron chi connectivity index (χ2n) is 3.76. The van der Waals surface area contributed by atoms with Crippen LogP contribution in [0.1, 0.15) is 34.5 Å². The van der Waals surface area contributed by atoms with Crippen molar-refractivity contribution in [1.82, 2.24) is 0 Å². The van der Waals surface area contributed by atoms with Crippen molar-refractivity contribution in [3.8, 4) is 0 Å². The molecule has 0 aliphatic carbocycles. The van der Waals surface area contributed by atoms with Gasteiger partial charge in [0.2, 0.25) is 0 Å². The molecule has 1 aliphatic heterocycles. The van der Waals surface area contributed by atoms with Crippen molar-refractivity contribution < 1.29 is 14.3 Å². The summed E-state index contributed by atoms with van der Waals surface area (Å²) in [5.74, 6) is -0.302. The fourth-order valence-corrected chi connectivity index (χ4v) is 1.80. The molecule has 1 aromatic rings. The van der Waals surface area contributed by atoms with Crippen LogP contribution in [-0.2, 0) is 16.1 Å². The third-order valence-corrected chi connectivity index (χ3v) is 2.61. The maximum atomic E-state index is 11.5. The Balaban J connectivity index is 2.30. The average molecular weight is 221 g/mol. The Hall–Kier alpha value is -1.39. The maximum absolute atomic E-state index is 11.5. The van der Waals surface area contributed by atoms with Crippen molar-refractivity contribution in [2.24, 2.45) is 5.73 Å². The second-order valence-corrected chi connectivity index (χ2v) is 3.76. The normalized spacial score (nSPS) is 19.0. The van der Waals surface area contributed by atoms with Crippen molar-refractivity contribution in [2.45, 2.75) is 19.6 Å². The molecule has 1 atom stereocenters. The Labute approximate surface area is 94.3 Å². The summed E-state index contributed by atoms with van der Waals surface area (Å²) >= 11 is 0. The summed E-state index contributed by atoms with van der Waals surface area (Å²) in [7, 11) is 0. The Bertz CT molecular complexity index is 403. The van der Waals surface area contributed by atoms with E-state index in [0.29, 0.717) is 25.4 Å². The standard InChI is InChI=1S/C12H15NO3/c1-2-16-12(14)8-3-4-9-6-15-7-11(13)10(9)5-8/h3-5,11H,2,6-7,13H2,1H3/t11-/m1/s1. The number of hydrogen-bond donors (Lipinski definition) is 1. The summed E-state index contributed by atoms with van der Waals surface area (Å²) in [6.45, 7) is 3.23. The number of hydrogen-bond acceptors (Lipinski definition) is 4. The molecule has 0 bridgehead atoms. The summed E-state index contributed by atoms with van der Waals surface area (Å²) in [6, 6.07) is 5.28. The van der Waals surface area contributed by atoms with Crippen LogP contribution in [0.3, 0.4) is 0 Å². The lowest BCUT2D eigenvalue weighted by Crippen LogP contribution is -2.24. The van der Waals surface area contributed by atoms with Gasteiger partial charge in [0.15, 0.2) is 0 Å². The van der Waals surface area contributed by atoms with Gasteiger partial charge in [-0.05, 0) is 30.2 Å². The number of fused-ring (bicyclic) bond motifs is 1. The summed E-state index contributed by atoms with van der Waals surface area (Å²) < 4.78 is 10.3. The highest BCUT2D eigenvalue weighted by Gasteiger charge is 2.19. The molecule has 0 fully saturated rings. The van der Waals surface area contributed by atoms with E-state index in [1.54, 1.807) is 19.1 Å². The van der Waals surface area contributed by atoms with Gasteiger partial charge in [-0.15, -0.1) is 0 Å². The molecule has 0 unspecified atom stereocenters. The van der Waals surface area contributed by atoms with Crippen molar-refractivity contribution >= 4 is 5.97 Å². The van der Waals surface area contributed by atoms with E-state index in [2.05, 4.69) is 0 Å². The van der Waals surface area contributed by atoms with Gasteiger partial charge in [-0.2, -0.15) is 0 Å². The van der Waals surface area contributed by atoms with E-state index in [9.17, 15) is 4.79 Å². The van der Waals surface area contributed by atoms with Crippen LogP contribution in [-0.4, -0.2) is 19.2 Å². The minimum atomic E-state index is -0.302. The molecule has 16 heavy (non-hydrogen) atoms. The van der Waals surface area contributed by atoms with Crippen molar-refractivity contribution in [3.05, 3.63) is 34.9 Å². The van der Waals surface area contributed by atoms with E-state index in [0.717, 1.165) is 11.1 Å². The van der Waals surface area contributed by atoms with E-state index >= 15 is 0 Å². The number of carbonyl (C=O) groups is 1. The molecule has 1 aromatic carbocycles. The van der Waals surface area contributed by atoms with Gasteiger partial charge in [-0.25, -0.2) is 4.79 Å². The van der Waals surface area contributed by atoms with Gasteiger partial charge >= 0.3 is 5.97 Å². The van der Waals surface area contributed by atoms with E-state index in [1.807, 2.05) is 6.07 Å². The predicted octanol–water partition coefficient (Wildman–Crippen LogP) is 1.39. The molecule has 4 heteroatoms. The van der Waals surface area contributed by atoms with E-state index in [-0.39, 0.29) is 12.0 Å². The lowest BCUT2D eigenvalue weighted by atomic mass is 9.97. The van der Waals surface area contributed by atoms with Crippen molar-refractivity contribution in [3.63, 3.8) is 0 Å². The molecule has 0 amide bonds. The second kappa shape index (κ2) is 4.63. The zero-order valence-electron chi connectivity index (χ0n) is 9.23. The number of rotatable bonds is 2. The molecule has 2 N–H and O–H groups in total. The molecule has 0 radical (unpaired) electrons. The first kappa shape index (κ1) is 11.1. The van der Waals surface area contributed by atoms with Gasteiger partial charge in [0.1, 0.15) is 0 Å². The molecule has 1 aliphatic rings. The highest BCUT2D eigenvalue weighted by molar-refractivity contribution is 5.89. The first-order valence-corrected chi connectivity index (χ1v) is 5.35. The zero-order chi connectivity index (χ0) is 11.5. The maximum Gasteiger partial charge on any atom is 0.338 e. The Morgan fingerprint density at radius 1 is 1.62 bits per heavy atom. The minimum absolute atomic E-state index is 0.155. The van der Waals surface area contributed by atoms with Crippen LogP contribution in [0, 0.1) is 0 Å². The first-order chi connectivity index (χ1) is 7.72. The molecule has 2 rings (SSSR count). The quantitative estimate of drug-likeness (QED) is 0.767. The van der Waals surface area contributed by atoms with Gasteiger partial charge < -0.3 is 15.2 Å². The van der Waals surface area contributed by atoms with Gasteiger partial charge in [-0.1, -0.05) is 6.07 Å². The first-order valence-electron chi connectivity index (χ1n) is 5.35. The van der Waals surface area contributed by atoms with Gasteiger partial charge in [0, 0.05) is 0 Å². The summed E-state index contributed by atoms with van der Waals surface area (Å²) in [6.07, 6.45) is 0. The molecule has 1 heterocycles. The molecule has 0 saturated heterocycles. The van der Waals surface area contributed by atoms with E-state index in [1.165, 1.54) is 0 Å². The summed E-state index contributed by atoms with van der Waals surface area (Å²) in [4.78, 5) is 11.5.